The lowest BCUT2D eigenvalue weighted by Gasteiger charge is -2.13. The van der Waals surface area contributed by atoms with Crippen molar-refractivity contribution in [1.29, 1.82) is 0 Å². The Morgan fingerprint density at radius 3 is 2.22 bits per heavy atom. The number of hydrogen-bond donors (Lipinski definition) is 3. The van der Waals surface area contributed by atoms with Crippen molar-refractivity contribution in [2.45, 2.75) is 6.18 Å². The molecule has 0 saturated carbocycles. The monoisotopic (exact) mass is 452 g/mol. The number of anilines is 2. The Morgan fingerprint density at radius 1 is 0.875 bits per heavy atom. The number of aromatic nitrogens is 1. The third-order valence-corrected chi connectivity index (χ3v) is 3.95. The van der Waals surface area contributed by atoms with E-state index in [-0.39, 0.29) is 22.9 Å². The highest BCUT2D eigenvalue weighted by Gasteiger charge is 2.31. The van der Waals surface area contributed by atoms with E-state index in [0.29, 0.717) is 18.2 Å². The number of hydrogen-bond acceptors (Lipinski definition) is 4. The summed E-state index contributed by atoms with van der Waals surface area (Å²) in [5.74, 6) is -2.70. The van der Waals surface area contributed by atoms with Crippen molar-refractivity contribution in [3.63, 3.8) is 0 Å². The molecule has 166 valence electrons. The average molecular weight is 452 g/mol. The summed E-state index contributed by atoms with van der Waals surface area (Å²) in [6.07, 6.45) is -3.48. The molecule has 1 aromatic heterocycles. The Kier molecular flexibility index (Phi) is 6.23. The quantitative estimate of drug-likeness (QED) is 0.478. The van der Waals surface area contributed by atoms with Crippen LogP contribution in [-0.4, -0.2) is 16.9 Å². The van der Waals surface area contributed by atoms with Gasteiger partial charge in [0.05, 0.1) is 16.9 Å². The van der Waals surface area contributed by atoms with Crippen LogP contribution in [-0.2, 0) is 6.18 Å². The number of ether oxygens (including phenoxy) is 1. The predicted molar refractivity (Wildman–Crippen MR) is 103 cm³/mol. The molecule has 2 aromatic carbocycles. The SMILES string of the molecule is NC(=O)c1cc(Oc2ccc(NC(=O)Nc3cc(C(F)(F)F)ccc3F)c(F)c2)ccn1. The van der Waals surface area contributed by atoms with E-state index in [1.54, 1.807) is 0 Å². The molecule has 0 fully saturated rings. The molecule has 32 heavy (non-hydrogen) atoms. The number of rotatable bonds is 5. The third-order valence-electron chi connectivity index (χ3n) is 3.95. The number of urea groups is 1. The second kappa shape index (κ2) is 8.88. The van der Waals surface area contributed by atoms with Crippen LogP contribution in [0.4, 0.5) is 38.1 Å². The van der Waals surface area contributed by atoms with Gasteiger partial charge in [-0.3, -0.25) is 9.78 Å². The first-order valence-corrected chi connectivity index (χ1v) is 8.71. The predicted octanol–water partition coefficient (Wildman–Crippen LogP) is 4.91. The van der Waals surface area contributed by atoms with Crippen molar-refractivity contribution in [3.8, 4) is 11.5 Å². The number of pyridine rings is 1. The highest BCUT2D eigenvalue weighted by molar-refractivity contribution is 6.00. The molecule has 0 aliphatic heterocycles. The molecule has 0 spiro atoms. The minimum absolute atomic E-state index is 0.000925. The minimum atomic E-state index is -4.74. The molecule has 0 aliphatic rings. The first kappa shape index (κ1) is 22.5. The first-order chi connectivity index (χ1) is 15.0. The lowest BCUT2D eigenvalue weighted by molar-refractivity contribution is -0.137. The summed E-state index contributed by atoms with van der Waals surface area (Å²) >= 11 is 0. The topological polar surface area (TPSA) is 106 Å². The van der Waals surface area contributed by atoms with E-state index in [1.165, 1.54) is 24.4 Å². The highest BCUT2D eigenvalue weighted by Crippen LogP contribution is 2.32. The zero-order valence-corrected chi connectivity index (χ0v) is 15.8. The van der Waals surface area contributed by atoms with Gasteiger partial charge in [-0.15, -0.1) is 0 Å². The van der Waals surface area contributed by atoms with E-state index in [0.717, 1.165) is 12.1 Å². The maximum Gasteiger partial charge on any atom is 0.416 e. The summed E-state index contributed by atoms with van der Waals surface area (Å²) in [5.41, 5.74) is 2.79. The molecule has 12 heteroatoms. The van der Waals surface area contributed by atoms with E-state index in [2.05, 4.69) is 10.3 Å². The molecular formula is C20H13F5N4O3. The molecule has 0 radical (unpaired) electrons. The van der Waals surface area contributed by atoms with Gasteiger partial charge in [-0.05, 0) is 36.4 Å². The van der Waals surface area contributed by atoms with Crippen LogP contribution in [0.15, 0.2) is 54.7 Å². The second-order valence-electron chi connectivity index (χ2n) is 6.26. The molecule has 0 unspecified atom stereocenters. The van der Waals surface area contributed by atoms with Gasteiger partial charge in [0.2, 0.25) is 0 Å². The zero-order chi connectivity index (χ0) is 23.5. The first-order valence-electron chi connectivity index (χ1n) is 8.71. The Bertz CT molecular complexity index is 1180. The fourth-order valence-corrected chi connectivity index (χ4v) is 2.48. The van der Waals surface area contributed by atoms with Gasteiger partial charge in [-0.25, -0.2) is 13.6 Å². The number of benzene rings is 2. The number of nitrogens with zero attached hydrogens (tertiary/aromatic N) is 1. The molecule has 4 N–H and O–H groups in total. The van der Waals surface area contributed by atoms with Gasteiger partial charge in [0.25, 0.3) is 5.91 Å². The Morgan fingerprint density at radius 2 is 1.56 bits per heavy atom. The van der Waals surface area contributed by atoms with E-state index < -0.39 is 41.0 Å². The maximum atomic E-state index is 14.3. The Hall–Kier alpha value is -4.22. The molecular weight excluding hydrogens is 439 g/mol. The van der Waals surface area contributed by atoms with Crippen molar-refractivity contribution in [2.75, 3.05) is 10.6 Å². The van der Waals surface area contributed by atoms with E-state index >= 15 is 0 Å². The highest BCUT2D eigenvalue weighted by atomic mass is 19.4. The number of amides is 3. The van der Waals surface area contributed by atoms with Crippen molar-refractivity contribution in [1.82, 2.24) is 4.98 Å². The van der Waals surface area contributed by atoms with Crippen molar-refractivity contribution in [3.05, 3.63) is 77.6 Å². The van der Waals surface area contributed by atoms with E-state index in [4.69, 9.17) is 10.5 Å². The molecule has 0 aliphatic carbocycles. The molecule has 7 nitrogen and oxygen atoms in total. The van der Waals surface area contributed by atoms with Crippen LogP contribution in [0.1, 0.15) is 16.1 Å². The number of alkyl halides is 3. The van der Waals surface area contributed by atoms with E-state index in [1.807, 2.05) is 5.32 Å². The Balaban J connectivity index is 1.70. The van der Waals surface area contributed by atoms with Gasteiger partial charge < -0.3 is 21.1 Å². The van der Waals surface area contributed by atoms with Crippen LogP contribution < -0.4 is 21.1 Å². The van der Waals surface area contributed by atoms with Gasteiger partial charge in [0.1, 0.15) is 28.8 Å². The van der Waals surface area contributed by atoms with Crippen LogP contribution in [0.2, 0.25) is 0 Å². The summed E-state index contributed by atoms with van der Waals surface area (Å²) in [4.78, 5) is 26.9. The smallest absolute Gasteiger partial charge is 0.416 e. The number of halogens is 5. The number of nitrogens with two attached hydrogens (primary N) is 1. The summed E-state index contributed by atoms with van der Waals surface area (Å²) in [7, 11) is 0. The van der Waals surface area contributed by atoms with E-state index in [9.17, 15) is 31.5 Å². The summed E-state index contributed by atoms with van der Waals surface area (Å²) in [6.45, 7) is 0. The van der Waals surface area contributed by atoms with Crippen molar-refractivity contribution >= 4 is 23.3 Å². The van der Waals surface area contributed by atoms with Gasteiger partial charge in [-0.2, -0.15) is 13.2 Å². The largest absolute Gasteiger partial charge is 0.457 e. The molecule has 3 amide bonds. The van der Waals surface area contributed by atoms with Crippen LogP contribution in [0.3, 0.4) is 0 Å². The van der Waals surface area contributed by atoms with Gasteiger partial charge in [-0.1, -0.05) is 0 Å². The number of primary amides is 1. The molecule has 3 aromatic rings. The maximum absolute atomic E-state index is 14.3. The van der Waals surface area contributed by atoms with Crippen molar-refractivity contribution < 1.29 is 36.3 Å². The lowest BCUT2D eigenvalue weighted by atomic mass is 10.2. The van der Waals surface area contributed by atoms with Crippen LogP contribution in [0.25, 0.3) is 0 Å². The zero-order valence-electron chi connectivity index (χ0n) is 15.8. The Labute approximate surface area is 177 Å². The van der Waals surface area contributed by atoms with Crippen LogP contribution in [0, 0.1) is 11.6 Å². The van der Waals surface area contributed by atoms with Gasteiger partial charge >= 0.3 is 12.2 Å². The molecule has 0 saturated heterocycles. The summed E-state index contributed by atoms with van der Waals surface area (Å²) in [5, 5.41) is 3.96. The normalized spacial score (nSPS) is 11.0. The lowest BCUT2D eigenvalue weighted by Crippen LogP contribution is -2.21. The number of carbonyl (C=O) groups excluding carboxylic acids is 2. The van der Waals surface area contributed by atoms with Gasteiger partial charge in [0.15, 0.2) is 0 Å². The average Bonchev–Trinajstić information content (AvgIpc) is 2.71. The standard InChI is InChI=1S/C20H13F5N4O3/c21-13-3-1-10(20(23,24)25)7-16(13)29-19(31)28-15-4-2-11(8-14(15)22)32-12-5-6-27-17(9-12)18(26)30/h1-9H,(H2,26,30)(H2,28,29,31). The molecule has 1 heterocycles. The van der Waals surface area contributed by atoms with Crippen LogP contribution in [0.5, 0.6) is 11.5 Å². The molecule has 0 atom stereocenters. The third kappa shape index (κ3) is 5.47. The summed E-state index contributed by atoms with van der Waals surface area (Å²) in [6, 6.07) is 6.24. The fourth-order valence-electron chi connectivity index (χ4n) is 2.48. The number of nitrogens with one attached hydrogen (secondary N) is 2. The van der Waals surface area contributed by atoms with Crippen molar-refractivity contribution in [2.24, 2.45) is 5.73 Å². The van der Waals surface area contributed by atoms with Crippen LogP contribution >= 0.6 is 0 Å². The number of carbonyl (C=O) groups is 2. The second-order valence-corrected chi connectivity index (χ2v) is 6.26. The molecule has 0 bridgehead atoms. The minimum Gasteiger partial charge on any atom is -0.457 e. The van der Waals surface area contributed by atoms with Gasteiger partial charge in [0, 0.05) is 18.3 Å². The molecule has 3 rings (SSSR count). The summed E-state index contributed by atoms with van der Waals surface area (Å²) < 4.78 is 71.7. The fraction of sp³-hybridized carbons (Fsp3) is 0.0500.